The van der Waals surface area contributed by atoms with Crippen molar-refractivity contribution >= 4 is 56.7 Å². The van der Waals surface area contributed by atoms with Gasteiger partial charge < -0.3 is 10.4 Å². The first-order valence-corrected chi connectivity index (χ1v) is 7.96. The Kier molecular flexibility index (Phi) is 10.2. The maximum atomic E-state index is 10.4. The molecular weight excluding hydrogens is 443 g/mol. The zero-order valence-electron chi connectivity index (χ0n) is 11.5. The Morgan fingerprint density at radius 3 is 2.38 bits per heavy atom. The predicted octanol–water partition coefficient (Wildman–Crippen LogP) is 4.28. The highest BCUT2D eigenvalue weighted by atomic mass is 79.9. The molecule has 0 aliphatic carbocycles. The van der Waals surface area contributed by atoms with Crippen molar-refractivity contribution in [2.24, 2.45) is 0 Å². The van der Waals surface area contributed by atoms with Gasteiger partial charge in [-0.05, 0) is 34.5 Å². The van der Waals surface area contributed by atoms with E-state index < -0.39 is 0 Å². The molecule has 0 saturated carbocycles. The Hall–Kier alpha value is 0.220. The number of rotatable bonds is 4. The molecule has 7 heteroatoms. The molecule has 2 rings (SSSR count). The largest absolute Gasteiger partial charge is 0.506 e. The average Bonchev–Trinajstić information content (AvgIpc) is 2.43. The van der Waals surface area contributed by atoms with Crippen LogP contribution >= 0.6 is 56.7 Å². The third kappa shape index (κ3) is 5.12. The smallest absolute Gasteiger partial charge is 0.135 e. The van der Waals surface area contributed by atoms with E-state index in [0.717, 1.165) is 47.1 Å². The van der Waals surface area contributed by atoms with Gasteiger partial charge in [-0.2, -0.15) is 0 Å². The van der Waals surface area contributed by atoms with Gasteiger partial charge in [0.15, 0.2) is 0 Å². The fourth-order valence-electron chi connectivity index (χ4n) is 2.47. The van der Waals surface area contributed by atoms with Gasteiger partial charge in [-0.15, -0.1) is 31.4 Å². The Morgan fingerprint density at radius 1 is 1.24 bits per heavy atom. The van der Waals surface area contributed by atoms with E-state index in [9.17, 15) is 5.11 Å². The maximum Gasteiger partial charge on any atom is 0.135 e. The summed E-state index contributed by atoms with van der Waals surface area (Å²) in [5.41, 5.74) is 0.941. The number of nitrogens with zero attached hydrogens (tertiary/aromatic N) is 1. The van der Waals surface area contributed by atoms with Crippen molar-refractivity contribution in [3.05, 3.63) is 39.3 Å². The minimum Gasteiger partial charge on any atom is -0.506 e. The van der Waals surface area contributed by atoms with Crippen LogP contribution < -0.4 is 5.32 Å². The lowest BCUT2D eigenvalue weighted by molar-refractivity contribution is 0.171. The van der Waals surface area contributed by atoms with Crippen molar-refractivity contribution in [3.8, 4) is 5.75 Å². The average molecular weight is 463 g/mol. The molecule has 0 amide bonds. The first kappa shape index (κ1) is 21.2. The second kappa shape index (κ2) is 10.1. The number of hydrogen-bond donors (Lipinski definition) is 2. The van der Waals surface area contributed by atoms with Gasteiger partial charge in [-0.3, -0.25) is 4.90 Å². The van der Waals surface area contributed by atoms with Gasteiger partial charge in [0.1, 0.15) is 5.75 Å². The summed E-state index contributed by atoms with van der Waals surface area (Å²) in [5.74, 6) is 0.319. The summed E-state index contributed by atoms with van der Waals surface area (Å²) >= 11 is 6.96. The molecule has 1 aromatic rings. The van der Waals surface area contributed by atoms with E-state index in [0.29, 0.717) is 5.75 Å². The minimum atomic E-state index is 0. The van der Waals surface area contributed by atoms with Gasteiger partial charge >= 0.3 is 0 Å². The van der Waals surface area contributed by atoms with Gasteiger partial charge in [0.25, 0.3) is 0 Å². The number of benzene rings is 1. The van der Waals surface area contributed by atoms with Crippen molar-refractivity contribution in [1.29, 1.82) is 0 Å². The normalized spacial score (nSPS) is 16.5. The quantitative estimate of drug-likeness (QED) is 0.655. The Labute approximate surface area is 155 Å². The van der Waals surface area contributed by atoms with Gasteiger partial charge in [-0.1, -0.05) is 22.0 Å². The van der Waals surface area contributed by atoms with Crippen LogP contribution in [0.15, 0.2) is 33.7 Å². The molecule has 21 heavy (non-hydrogen) atoms. The summed E-state index contributed by atoms with van der Waals surface area (Å²) in [5, 5.41) is 13.7. The van der Waals surface area contributed by atoms with E-state index in [1.807, 2.05) is 18.2 Å². The van der Waals surface area contributed by atoms with Crippen LogP contribution in [0.1, 0.15) is 18.0 Å². The number of halogens is 4. The highest BCUT2D eigenvalue weighted by Crippen LogP contribution is 2.41. The lowest BCUT2D eigenvalue weighted by atomic mass is 10.00. The van der Waals surface area contributed by atoms with Crippen molar-refractivity contribution in [2.45, 2.75) is 12.5 Å². The van der Waals surface area contributed by atoms with Crippen LogP contribution in [0.25, 0.3) is 0 Å². The van der Waals surface area contributed by atoms with Crippen LogP contribution in [0.3, 0.4) is 0 Å². The topological polar surface area (TPSA) is 35.5 Å². The molecule has 0 unspecified atom stereocenters. The molecular formula is C14H20Br2Cl2N2O. The summed E-state index contributed by atoms with van der Waals surface area (Å²) < 4.78 is 1.67. The second-order valence-corrected chi connectivity index (χ2v) is 6.33. The SMILES string of the molecule is C=CC[C@@H](c1c(Br)ccc(Br)c1O)N1CCNCC1.Cl.Cl. The van der Waals surface area contributed by atoms with Gasteiger partial charge in [0, 0.05) is 42.3 Å². The molecule has 1 saturated heterocycles. The van der Waals surface area contributed by atoms with Crippen LogP contribution in [-0.2, 0) is 0 Å². The summed E-state index contributed by atoms with van der Waals surface area (Å²) in [4.78, 5) is 2.39. The molecule has 120 valence electrons. The molecule has 0 spiro atoms. The zero-order valence-corrected chi connectivity index (χ0v) is 16.3. The van der Waals surface area contributed by atoms with E-state index in [2.05, 4.69) is 48.7 Å². The van der Waals surface area contributed by atoms with Crippen molar-refractivity contribution in [2.75, 3.05) is 26.2 Å². The summed E-state index contributed by atoms with van der Waals surface area (Å²) in [6.45, 7) is 7.79. The molecule has 0 bridgehead atoms. The maximum absolute atomic E-state index is 10.4. The van der Waals surface area contributed by atoms with Gasteiger partial charge in [-0.25, -0.2) is 0 Å². The van der Waals surface area contributed by atoms with Crippen LogP contribution in [0.4, 0.5) is 0 Å². The number of aromatic hydroxyl groups is 1. The monoisotopic (exact) mass is 460 g/mol. The van der Waals surface area contributed by atoms with Crippen LogP contribution in [-0.4, -0.2) is 36.2 Å². The molecule has 2 N–H and O–H groups in total. The molecule has 3 nitrogen and oxygen atoms in total. The van der Waals surface area contributed by atoms with Gasteiger partial charge in [0.2, 0.25) is 0 Å². The second-order valence-electron chi connectivity index (χ2n) is 4.62. The van der Waals surface area contributed by atoms with E-state index in [1.54, 1.807) is 0 Å². The Balaban J connectivity index is 0.00000200. The fourth-order valence-corrected chi connectivity index (χ4v) is 3.40. The van der Waals surface area contributed by atoms with Crippen LogP contribution in [0.2, 0.25) is 0 Å². The molecule has 1 aliphatic heterocycles. The Morgan fingerprint density at radius 2 is 1.81 bits per heavy atom. The zero-order chi connectivity index (χ0) is 13.8. The molecule has 1 aliphatic rings. The van der Waals surface area contributed by atoms with E-state index in [-0.39, 0.29) is 30.9 Å². The molecule has 1 fully saturated rings. The first-order valence-electron chi connectivity index (χ1n) is 6.37. The third-order valence-electron chi connectivity index (χ3n) is 3.43. The third-order valence-corrected chi connectivity index (χ3v) is 4.76. The summed E-state index contributed by atoms with van der Waals surface area (Å²) in [6.07, 6.45) is 2.74. The Bertz CT molecular complexity index is 469. The van der Waals surface area contributed by atoms with E-state index >= 15 is 0 Å². The van der Waals surface area contributed by atoms with Crippen LogP contribution in [0, 0.1) is 0 Å². The standard InChI is InChI=1S/C14H18Br2N2O.2ClH/c1-2-3-12(18-8-6-17-7-9-18)13-10(15)4-5-11(16)14(13)19;;/h2,4-5,12,17,19H,1,3,6-9H2;2*1H/t12-;;/m0../s1. The molecule has 1 heterocycles. The highest BCUT2D eigenvalue weighted by molar-refractivity contribution is 9.11. The van der Waals surface area contributed by atoms with E-state index in [4.69, 9.17) is 0 Å². The van der Waals surface area contributed by atoms with Crippen molar-refractivity contribution < 1.29 is 5.11 Å². The number of phenolic OH excluding ortho intramolecular Hbond substituents is 1. The first-order chi connectivity index (χ1) is 9.15. The lowest BCUT2D eigenvalue weighted by Crippen LogP contribution is -2.45. The molecule has 0 radical (unpaired) electrons. The van der Waals surface area contributed by atoms with Crippen LogP contribution in [0.5, 0.6) is 5.75 Å². The minimum absolute atomic E-state index is 0. The fraction of sp³-hybridized carbons (Fsp3) is 0.429. The van der Waals surface area contributed by atoms with E-state index in [1.165, 1.54) is 0 Å². The number of hydrogen-bond acceptors (Lipinski definition) is 3. The van der Waals surface area contributed by atoms with Crippen molar-refractivity contribution in [1.82, 2.24) is 10.2 Å². The number of nitrogens with one attached hydrogen (secondary N) is 1. The number of phenols is 1. The van der Waals surface area contributed by atoms with Gasteiger partial charge in [0.05, 0.1) is 4.47 Å². The lowest BCUT2D eigenvalue weighted by Gasteiger charge is -2.35. The molecule has 0 aromatic heterocycles. The van der Waals surface area contributed by atoms with Crippen molar-refractivity contribution in [3.63, 3.8) is 0 Å². The molecule has 1 atom stereocenters. The predicted molar refractivity (Wildman–Crippen MR) is 100 cm³/mol. The number of piperazine rings is 1. The molecule has 1 aromatic carbocycles. The highest BCUT2D eigenvalue weighted by Gasteiger charge is 2.26. The summed E-state index contributed by atoms with van der Waals surface area (Å²) in [7, 11) is 0. The summed E-state index contributed by atoms with van der Waals surface area (Å²) in [6, 6.07) is 3.98.